The third kappa shape index (κ3) is 2.98. The van der Waals surface area contributed by atoms with Crippen LogP contribution in [0.2, 0.25) is 0 Å². The Labute approximate surface area is 106 Å². The van der Waals surface area contributed by atoms with Gasteiger partial charge in [0.25, 0.3) is 0 Å². The summed E-state index contributed by atoms with van der Waals surface area (Å²) in [6, 6.07) is 5.13. The van der Waals surface area contributed by atoms with Gasteiger partial charge in [0.15, 0.2) is 0 Å². The number of aliphatic hydroxyl groups is 1. The lowest BCUT2D eigenvalue weighted by Gasteiger charge is -2.37. The van der Waals surface area contributed by atoms with Crippen LogP contribution in [-0.4, -0.2) is 41.9 Å². The number of halogens is 1. The van der Waals surface area contributed by atoms with Crippen molar-refractivity contribution in [3.8, 4) is 0 Å². The predicted octanol–water partition coefficient (Wildman–Crippen LogP) is 0.989. The quantitative estimate of drug-likeness (QED) is 0.790. The van der Waals surface area contributed by atoms with Crippen LogP contribution in [0.5, 0.6) is 0 Å². The molecule has 0 aromatic heterocycles. The predicted molar refractivity (Wildman–Crippen MR) is 67.5 cm³/mol. The highest BCUT2D eigenvalue weighted by Gasteiger charge is 2.25. The zero-order valence-electron chi connectivity index (χ0n) is 10.5. The summed E-state index contributed by atoms with van der Waals surface area (Å²) in [5, 5.41) is 9.11. The molecular weight excluding hydrogens is 235 g/mol. The van der Waals surface area contributed by atoms with E-state index in [1.165, 1.54) is 6.07 Å². The van der Waals surface area contributed by atoms with E-state index in [0.29, 0.717) is 19.7 Å². The number of anilines is 1. The Hall–Kier alpha value is -1.17. The van der Waals surface area contributed by atoms with Crippen LogP contribution in [0.15, 0.2) is 18.2 Å². The number of hydrogen-bond donors (Lipinski definition) is 2. The Kier molecular flexibility index (Phi) is 4.16. The molecule has 2 rings (SSSR count). The molecule has 3 N–H and O–H groups in total. The molecule has 2 atom stereocenters. The number of rotatable bonds is 3. The molecule has 5 heteroatoms. The van der Waals surface area contributed by atoms with Crippen LogP contribution in [0, 0.1) is 5.82 Å². The van der Waals surface area contributed by atoms with Gasteiger partial charge in [-0.2, -0.15) is 0 Å². The molecule has 0 saturated carbocycles. The molecule has 4 nitrogen and oxygen atoms in total. The van der Waals surface area contributed by atoms with Crippen molar-refractivity contribution in [2.24, 2.45) is 0 Å². The molecule has 1 saturated heterocycles. The molecule has 18 heavy (non-hydrogen) atoms. The molecule has 1 aromatic carbocycles. The van der Waals surface area contributed by atoms with Crippen molar-refractivity contribution in [2.75, 3.05) is 25.5 Å². The van der Waals surface area contributed by atoms with Crippen LogP contribution < -0.4 is 5.73 Å². The van der Waals surface area contributed by atoms with E-state index in [0.717, 1.165) is 5.56 Å². The number of benzene rings is 1. The van der Waals surface area contributed by atoms with Gasteiger partial charge in [0.1, 0.15) is 5.82 Å². The van der Waals surface area contributed by atoms with Gasteiger partial charge < -0.3 is 15.6 Å². The van der Waals surface area contributed by atoms with E-state index in [1.54, 1.807) is 6.07 Å². The molecule has 1 heterocycles. The summed E-state index contributed by atoms with van der Waals surface area (Å²) in [5.41, 5.74) is 6.50. The fourth-order valence-electron chi connectivity index (χ4n) is 2.11. The van der Waals surface area contributed by atoms with E-state index in [-0.39, 0.29) is 30.3 Å². The maximum atomic E-state index is 13.4. The molecule has 2 unspecified atom stereocenters. The highest BCUT2D eigenvalue weighted by atomic mass is 19.1. The first-order valence-electron chi connectivity index (χ1n) is 6.10. The molecule has 0 amide bonds. The minimum atomic E-state index is -0.382. The molecule has 0 radical (unpaired) electrons. The van der Waals surface area contributed by atoms with E-state index in [4.69, 9.17) is 15.6 Å². The van der Waals surface area contributed by atoms with E-state index < -0.39 is 0 Å². The standard InChI is InChI=1S/C13H19FN2O2/c1-9-8-18-11(7-17)6-16(9)5-10-2-3-13(15)12(14)4-10/h2-4,9,11,17H,5-8,15H2,1H3. The number of hydrogen-bond acceptors (Lipinski definition) is 4. The maximum absolute atomic E-state index is 13.4. The molecule has 0 aliphatic carbocycles. The second-order valence-corrected chi connectivity index (χ2v) is 4.77. The van der Waals surface area contributed by atoms with Crippen LogP contribution in [0.25, 0.3) is 0 Å². The van der Waals surface area contributed by atoms with Crippen LogP contribution in [0.3, 0.4) is 0 Å². The third-order valence-electron chi connectivity index (χ3n) is 3.29. The smallest absolute Gasteiger partial charge is 0.146 e. The summed E-state index contributed by atoms with van der Waals surface area (Å²) in [7, 11) is 0. The number of aliphatic hydroxyl groups excluding tert-OH is 1. The van der Waals surface area contributed by atoms with Crippen molar-refractivity contribution in [3.63, 3.8) is 0 Å². The van der Waals surface area contributed by atoms with Crippen molar-refractivity contribution in [1.29, 1.82) is 0 Å². The fraction of sp³-hybridized carbons (Fsp3) is 0.538. The number of nitrogen functional groups attached to an aromatic ring is 1. The molecule has 0 spiro atoms. The molecule has 1 fully saturated rings. The Morgan fingerprint density at radius 2 is 2.33 bits per heavy atom. The first kappa shape index (κ1) is 13.3. The molecule has 100 valence electrons. The lowest BCUT2D eigenvalue weighted by molar-refractivity contribution is -0.0805. The second kappa shape index (κ2) is 5.65. The normalized spacial score (nSPS) is 25.3. The minimum Gasteiger partial charge on any atom is -0.396 e. The second-order valence-electron chi connectivity index (χ2n) is 4.77. The Morgan fingerprint density at radius 1 is 1.56 bits per heavy atom. The Bertz CT molecular complexity index is 414. The number of ether oxygens (including phenoxy) is 1. The van der Waals surface area contributed by atoms with Crippen LogP contribution in [0.4, 0.5) is 10.1 Å². The molecule has 1 aromatic rings. The summed E-state index contributed by atoms with van der Waals surface area (Å²) in [5.74, 6) is -0.382. The van der Waals surface area contributed by atoms with E-state index in [9.17, 15) is 4.39 Å². The topological polar surface area (TPSA) is 58.7 Å². The van der Waals surface area contributed by atoms with Gasteiger partial charge in [-0.15, -0.1) is 0 Å². The maximum Gasteiger partial charge on any atom is 0.146 e. The summed E-state index contributed by atoms with van der Waals surface area (Å²) in [4.78, 5) is 2.18. The monoisotopic (exact) mass is 254 g/mol. The van der Waals surface area contributed by atoms with Crippen molar-refractivity contribution >= 4 is 5.69 Å². The van der Waals surface area contributed by atoms with Crippen LogP contribution in [-0.2, 0) is 11.3 Å². The van der Waals surface area contributed by atoms with Gasteiger partial charge in [0.2, 0.25) is 0 Å². The lowest BCUT2D eigenvalue weighted by atomic mass is 10.1. The fourth-order valence-corrected chi connectivity index (χ4v) is 2.11. The highest BCUT2D eigenvalue weighted by molar-refractivity contribution is 5.41. The summed E-state index contributed by atoms with van der Waals surface area (Å²) in [6.07, 6.45) is -0.153. The van der Waals surface area contributed by atoms with Gasteiger partial charge in [-0.25, -0.2) is 4.39 Å². The van der Waals surface area contributed by atoms with Gasteiger partial charge in [-0.3, -0.25) is 4.90 Å². The van der Waals surface area contributed by atoms with Gasteiger partial charge in [-0.05, 0) is 24.6 Å². The van der Waals surface area contributed by atoms with Crippen molar-refractivity contribution in [3.05, 3.63) is 29.6 Å². The zero-order chi connectivity index (χ0) is 13.1. The first-order chi connectivity index (χ1) is 8.60. The summed E-state index contributed by atoms with van der Waals surface area (Å²) >= 11 is 0. The average Bonchev–Trinajstić information content (AvgIpc) is 2.36. The van der Waals surface area contributed by atoms with Crippen molar-refractivity contribution in [1.82, 2.24) is 4.90 Å². The van der Waals surface area contributed by atoms with Crippen LogP contribution >= 0.6 is 0 Å². The van der Waals surface area contributed by atoms with Crippen molar-refractivity contribution < 1.29 is 14.2 Å². The van der Waals surface area contributed by atoms with Crippen molar-refractivity contribution in [2.45, 2.75) is 25.6 Å². The largest absolute Gasteiger partial charge is 0.396 e. The minimum absolute atomic E-state index is 0.0132. The average molecular weight is 254 g/mol. The van der Waals surface area contributed by atoms with E-state index in [1.807, 2.05) is 6.07 Å². The zero-order valence-corrected chi connectivity index (χ0v) is 10.5. The SMILES string of the molecule is CC1COC(CO)CN1Cc1ccc(N)c(F)c1. The number of nitrogens with zero attached hydrogens (tertiary/aromatic N) is 1. The number of morpholine rings is 1. The Morgan fingerprint density at radius 3 is 3.00 bits per heavy atom. The van der Waals surface area contributed by atoms with Gasteiger partial charge in [0, 0.05) is 19.1 Å². The van der Waals surface area contributed by atoms with E-state index in [2.05, 4.69) is 11.8 Å². The van der Waals surface area contributed by atoms with Gasteiger partial charge in [-0.1, -0.05) is 6.07 Å². The molecule has 1 aliphatic heterocycles. The van der Waals surface area contributed by atoms with Crippen LogP contribution in [0.1, 0.15) is 12.5 Å². The van der Waals surface area contributed by atoms with E-state index >= 15 is 0 Å². The Balaban J connectivity index is 2.04. The highest BCUT2D eigenvalue weighted by Crippen LogP contribution is 2.18. The van der Waals surface area contributed by atoms with Gasteiger partial charge >= 0.3 is 0 Å². The lowest BCUT2D eigenvalue weighted by Crippen LogP contribution is -2.48. The summed E-state index contributed by atoms with van der Waals surface area (Å²) in [6.45, 7) is 3.95. The molecule has 1 aliphatic rings. The summed E-state index contributed by atoms with van der Waals surface area (Å²) < 4.78 is 18.8. The molecule has 0 bridgehead atoms. The first-order valence-corrected chi connectivity index (χ1v) is 6.10. The third-order valence-corrected chi connectivity index (χ3v) is 3.29. The van der Waals surface area contributed by atoms with Gasteiger partial charge in [0.05, 0.1) is 25.0 Å². The number of nitrogens with two attached hydrogens (primary N) is 1. The molecular formula is C13H19FN2O2.